The van der Waals surface area contributed by atoms with Crippen molar-refractivity contribution in [2.75, 3.05) is 26.2 Å². The molecular weight excluding hydrogens is 460 g/mol. The van der Waals surface area contributed by atoms with Crippen LogP contribution >= 0.6 is 11.3 Å². The van der Waals surface area contributed by atoms with Crippen LogP contribution in [0.1, 0.15) is 34.5 Å². The van der Waals surface area contributed by atoms with E-state index in [2.05, 4.69) is 31.0 Å². The molecule has 0 saturated carbocycles. The largest absolute Gasteiger partial charge is 0.346 e. The summed E-state index contributed by atoms with van der Waals surface area (Å²) in [6.45, 7) is 5.14. The smallest absolute Gasteiger partial charge is 0.263 e. The van der Waals surface area contributed by atoms with Gasteiger partial charge in [-0.15, -0.1) is 11.3 Å². The Kier molecular flexibility index (Phi) is 5.39. The predicted octanol–water partition coefficient (Wildman–Crippen LogP) is 3.42. The number of carbonyl (C=O) groups excluding carboxylic acids is 1. The topological polar surface area (TPSA) is 107 Å². The maximum absolute atomic E-state index is 12.8. The molecular formula is C25H26N8OS. The molecule has 2 aliphatic heterocycles. The standard InChI is InChI=1S/C25H26N8OS/c1-17-10-21(35-13-17)24(34)31-8-3-19(4-9-31)32-14-25(15-32,5-6-26)33-12-18(11-30-33)22-20-2-7-27-23(20)29-16-28-22/h2,7,10-13,16,19H,3-5,8-9,14-15H2,1H3,(H,27,28,29). The number of rotatable bonds is 5. The molecule has 6 heterocycles. The number of likely N-dealkylation sites (tertiary alicyclic amines) is 2. The third kappa shape index (κ3) is 3.81. The maximum Gasteiger partial charge on any atom is 0.263 e. The van der Waals surface area contributed by atoms with Gasteiger partial charge in [0, 0.05) is 55.6 Å². The van der Waals surface area contributed by atoms with E-state index in [1.165, 1.54) is 11.3 Å². The molecule has 0 radical (unpaired) electrons. The molecule has 4 aromatic heterocycles. The van der Waals surface area contributed by atoms with E-state index >= 15 is 0 Å². The Balaban J connectivity index is 1.13. The number of amides is 1. The number of aromatic nitrogens is 5. The van der Waals surface area contributed by atoms with Crippen LogP contribution in [0.3, 0.4) is 0 Å². The molecule has 0 aliphatic carbocycles. The fourth-order valence-corrected chi connectivity index (χ4v) is 6.26. The summed E-state index contributed by atoms with van der Waals surface area (Å²) in [6, 6.07) is 6.75. The van der Waals surface area contributed by atoms with E-state index in [0.717, 1.165) is 71.8 Å². The quantitative estimate of drug-likeness (QED) is 0.463. The van der Waals surface area contributed by atoms with Crippen molar-refractivity contribution < 1.29 is 4.79 Å². The second-order valence-electron chi connectivity index (χ2n) is 9.61. The zero-order valence-corrected chi connectivity index (χ0v) is 20.3. The van der Waals surface area contributed by atoms with E-state index < -0.39 is 0 Å². The van der Waals surface area contributed by atoms with Gasteiger partial charge in [0.25, 0.3) is 5.91 Å². The molecule has 2 fully saturated rings. The van der Waals surface area contributed by atoms with Gasteiger partial charge in [0.1, 0.15) is 17.5 Å². The van der Waals surface area contributed by atoms with Crippen LogP contribution in [0.2, 0.25) is 0 Å². The van der Waals surface area contributed by atoms with E-state index in [0.29, 0.717) is 12.5 Å². The maximum atomic E-state index is 12.8. The summed E-state index contributed by atoms with van der Waals surface area (Å²) in [6.07, 6.45) is 9.56. The zero-order valence-electron chi connectivity index (χ0n) is 19.5. The van der Waals surface area contributed by atoms with Gasteiger partial charge in [-0.1, -0.05) is 0 Å². The van der Waals surface area contributed by atoms with Crippen LogP contribution in [0.25, 0.3) is 22.3 Å². The fraction of sp³-hybridized carbons (Fsp3) is 0.400. The molecule has 178 valence electrons. The van der Waals surface area contributed by atoms with Crippen molar-refractivity contribution in [2.24, 2.45) is 0 Å². The number of piperidine rings is 1. The van der Waals surface area contributed by atoms with E-state index in [1.807, 2.05) is 52.6 Å². The van der Waals surface area contributed by atoms with Crippen molar-refractivity contribution >= 4 is 28.3 Å². The average molecular weight is 487 g/mol. The first kappa shape index (κ1) is 21.9. The summed E-state index contributed by atoms with van der Waals surface area (Å²) in [7, 11) is 0. The molecule has 2 saturated heterocycles. The van der Waals surface area contributed by atoms with E-state index in [-0.39, 0.29) is 11.4 Å². The van der Waals surface area contributed by atoms with Crippen molar-refractivity contribution in [1.29, 1.82) is 5.26 Å². The summed E-state index contributed by atoms with van der Waals surface area (Å²) in [5.41, 5.74) is 3.36. The van der Waals surface area contributed by atoms with Gasteiger partial charge >= 0.3 is 0 Å². The predicted molar refractivity (Wildman–Crippen MR) is 133 cm³/mol. The molecule has 10 heteroatoms. The van der Waals surface area contributed by atoms with Gasteiger partial charge < -0.3 is 9.88 Å². The Bertz CT molecular complexity index is 1410. The molecule has 4 aromatic rings. The van der Waals surface area contributed by atoms with Crippen LogP contribution < -0.4 is 0 Å². The van der Waals surface area contributed by atoms with Crippen LogP contribution in [-0.2, 0) is 5.54 Å². The molecule has 9 nitrogen and oxygen atoms in total. The number of nitrogens with one attached hydrogen (secondary N) is 1. The zero-order chi connectivity index (χ0) is 24.0. The second-order valence-corrected chi connectivity index (χ2v) is 10.5. The highest BCUT2D eigenvalue weighted by atomic mass is 32.1. The van der Waals surface area contributed by atoms with Crippen molar-refractivity contribution in [2.45, 2.75) is 37.8 Å². The van der Waals surface area contributed by atoms with Gasteiger partial charge in [-0.05, 0) is 42.8 Å². The van der Waals surface area contributed by atoms with Gasteiger partial charge in [-0.25, -0.2) is 9.97 Å². The molecule has 6 rings (SSSR count). The van der Waals surface area contributed by atoms with Crippen LogP contribution in [0.15, 0.2) is 42.4 Å². The highest BCUT2D eigenvalue weighted by molar-refractivity contribution is 7.12. The molecule has 0 aromatic carbocycles. The number of thiophene rings is 1. The van der Waals surface area contributed by atoms with Crippen molar-refractivity contribution in [3.05, 3.63) is 52.9 Å². The number of hydrogen-bond donors (Lipinski definition) is 1. The summed E-state index contributed by atoms with van der Waals surface area (Å²) >= 11 is 1.53. The molecule has 1 N–H and O–H groups in total. The molecule has 1 amide bonds. The summed E-state index contributed by atoms with van der Waals surface area (Å²) in [5, 5.41) is 17.2. The molecule has 0 atom stereocenters. The van der Waals surface area contributed by atoms with E-state index in [1.54, 1.807) is 6.33 Å². The average Bonchev–Trinajstić information content (AvgIpc) is 3.61. The summed E-state index contributed by atoms with van der Waals surface area (Å²) in [4.78, 5) is 29.9. The summed E-state index contributed by atoms with van der Waals surface area (Å²) < 4.78 is 1.96. The number of H-pyrrole nitrogens is 1. The lowest BCUT2D eigenvalue weighted by Gasteiger charge is -2.53. The number of fused-ring (bicyclic) bond motifs is 1. The van der Waals surface area contributed by atoms with Crippen LogP contribution in [0, 0.1) is 18.3 Å². The van der Waals surface area contributed by atoms with E-state index in [9.17, 15) is 10.1 Å². The van der Waals surface area contributed by atoms with Crippen LogP contribution in [-0.4, -0.2) is 72.7 Å². The fourth-order valence-electron chi connectivity index (χ4n) is 5.39. The van der Waals surface area contributed by atoms with E-state index in [4.69, 9.17) is 0 Å². The first-order valence-corrected chi connectivity index (χ1v) is 12.7. The van der Waals surface area contributed by atoms with Crippen LogP contribution in [0.4, 0.5) is 0 Å². The van der Waals surface area contributed by atoms with Gasteiger partial charge in [-0.3, -0.25) is 14.4 Å². The Hall–Kier alpha value is -3.55. The van der Waals surface area contributed by atoms with Crippen molar-refractivity contribution in [3.8, 4) is 17.3 Å². The monoisotopic (exact) mass is 486 g/mol. The number of nitriles is 1. The normalized spacial score (nSPS) is 18.5. The van der Waals surface area contributed by atoms with Gasteiger partial charge in [0.15, 0.2) is 0 Å². The first-order valence-electron chi connectivity index (χ1n) is 11.9. The molecule has 2 aliphatic rings. The third-order valence-electron chi connectivity index (χ3n) is 7.31. The first-order chi connectivity index (χ1) is 17.1. The lowest BCUT2D eigenvalue weighted by atomic mass is 9.84. The Morgan fingerprint density at radius 3 is 2.89 bits per heavy atom. The minimum atomic E-state index is -0.335. The Morgan fingerprint density at radius 2 is 2.14 bits per heavy atom. The molecule has 0 unspecified atom stereocenters. The highest BCUT2D eigenvalue weighted by Crippen LogP contribution is 2.37. The highest BCUT2D eigenvalue weighted by Gasteiger charge is 2.48. The molecule has 35 heavy (non-hydrogen) atoms. The van der Waals surface area contributed by atoms with Gasteiger partial charge in [0.2, 0.25) is 0 Å². The minimum Gasteiger partial charge on any atom is -0.346 e. The van der Waals surface area contributed by atoms with Crippen molar-refractivity contribution in [1.82, 2.24) is 34.5 Å². The third-order valence-corrected chi connectivity index (χ3v) is 8.34. The molecule has 0 spiro atoms. The lowest BCUT2D eigenvalue weighted by molar-refractivity contribution is -0.0412. The lowest BCUT2D eigenvalue weighted by Crippen LogP contribution is -2.66. The minimum absolute atomic E-state index is 0.148. The van der Waals surface area contributed by atoms with Crippen molar-refractivity contribution in [3.63, 3.8) is 0 Å². The van der Waals surface area contributed by atoms with Gasteiger partial charge in [0.05, 0.1) is 29.3 Å². The second kappa shape index (κ2) is 8.59. The Morgan fingerprint density at radius 1 is 1.31 bits per heavy atom. The van der Waals surface area contributed by atoms with Gasteiger partial charge in [-0.2, -0.15) is 10.4 Å². The number of nitrogens with zero attached hydrogens (tertiary/aromatic N) is 7. The number of aryl methyl sites for hydroxylation is 1. The number of aromatic amines is 1. The SMILES string of the molecule is Cc1csc(C(=O)N2CCC(N3CC(CC#N)(n4cc(-c5ncnc6[nH]ccc56)cn4)C3)CC2)c1. The Labute approximate surface area is 207 Å². The van der Waals surface area contributed by atoms with Crippen LogP contribution in [0.5, 0.6) is 0 Å². The summed E-state index contributed by atoms with van der Waals surface area (Å²) in [5.74, 6) is 0.148. The number of hydrogen-bond acceptors (Lipinski definition) is 7. The number of carbonyl (C=O) groups is 1. The molecule has 0 bridgehead atoms.